The van der Waals surface area contributed by atoms with Crippen LogP contribution in [0.3, 0.4) is 0 Å². The van der Waals surface area contributed by atoms with Crippen LogP contribution in [0.25, 0.3) is 43.9 Å². The summed E-state index contributed by atoms with van der Waals surface area (Å²) in [4.78, 5) is 13.1. The Balaban J connectivity index is 1.27. The zero-order valence-corrected chi connectivity index (χ0v) is 25.8. The molecule has 0 fully saturated rings. The van der Waals surface area contributed by atoms with Crippen LogP contribution in [0.2, 0.25) is 0 Å². The minimum Gasteiger partial charge on any atom is -0.493 e. The number of hydrogen-bond acceptors (Lipinski definition) is 2. The number of hydrogen-bond donors (Lipinski definition) is 1. The van der Waals surface area contributed by atoms with Crippen LogP contribution in [0.5, 0.6) is 5.75 Å². The number of nitrogens with zero attached hydrogens (tertiary/aromatic N) is 1. The lowest BCUT2D eigenvalue weighted by Crippen LogP contribution is -2.12. The van der Waals surface area contributed by atoms with Crippen LogP contribution in [0.4, 0.5) is 0 Å². The van der Waals surface area contributed by atoms with Crippen LogP contribution in [0.1, 0.15) is 33.6 Å². The highest BCUT2D eigenvalue weighted by atomic mass is 16.5. The summed E-state index contributed by atoms with van der Waals surface area (Å²) >= 11 is 0. The molecule has 0 aliphatic heterocycles. The van der Waals surface area contributed by atoms with Crippen molar-refractivity contribution in [3.63, 3.8) is 0 Å². The molecule has 0 bridgehead atoms. The minimum absolute atomic E-state index is 0.341. The average Bonchev–Trinajstić information content (AvgIpc) is 3.41. The Kier molecular flexibility index (Phi) is 8.09. The minimum atomic E-state index is -0.919. The topological polar surface area (TPSA) is 51.5 Å². The maximum atomic E-state index is 13.1. The first-order valence-electron chi connectivity index (χ1n) is 15.8. The molecule has 7 rings (SSSR count). The van der Waals surface area contributed by atoms with Gasteiger partial charge in [-0.15, -0.1) is 0 Å². The quantitative estimate of drug-likeness (QED) is 0.159. The van der Waals surface area contributed by atoms with Crippen molar-refractivity contribution < 1.29 is 14.6 Å². The van der Waals surface area contributed by atoms with Gasteiger partial charge in [0.15, 0.2) is 0 Å². The molecule has 0 aliphatic carbocycles. The number of ether oxygens (including phenoxy) is 1. The number of carboxylic acids is 1. The first-order chi connectivity index (χ1) is 22.6. The van der Waals surface area contributed by atoms with Crippen molar-refractivity contribution in [3.05, 3.63) is 162 Å². The Hall–Kier alpha value is -5.61. The maximum absolute atomic E-state index is 13.1. The normalized spacial score (nSPS) is 11.2. The van der Waals surface area contributed by atoms with E-state index < -0.39 is 5.97 Å². The number of benzene rings is 6. The number of fused-ring (bicyclic) bond motifs is 2. The van der Waals surface area contributed by atoms with E-state index >= 15 is 0 Å². The Labute approximate surface area is 269 Å². The van der Waals surface area contributed by atoms with Crippen molar-refractivity contribution in [1.29, 1.82) is 0 Å². The van der Waals surface area contributed by atoms with E-state index in [2.05, 4.69) is 85.8 Å². The van der Waals surface area contributed by atoms with Gasteiger partial charge in [-0.3, -0.25) is 0 Å². The second-order valence-electron chi connectivity index (χ2n) is 11.7. The summed E-state index contributed by atoms with van der Waals surface area (Å²) in [7, 11) is 0. The van der Waals surface area contributed by atoms with Crippen LogP contribution in [0.15, 0.2) is 140 Å². The maximum Gasteiger partial charge on any atom is 0.352 e. The van der Waals surface area contributed by atoms with Crippen molar-refractivity contribution in [3.8, 4) is 28.0 Å². The van der Waals surface area contributed by atoms with Crippen LogP contribution >= 0.6 is 0 Å². The molecule has 4 heteroatoms. The van der Waals surface area contributed by atoms with Crippen LogP contribution in [-0.2, 0) is 13.0 Å². The Morgan fingerprint density at radius 3 is 2.13 bits per heavy atom. The van der Waals surface area contributed by atoms with Gasteiger partial charge in [-0.05, 0) is 64.6 Å². The average molecular weight is 602 g/mol. The molecule has 0 saturated carbocycles. The molecular formula is C42H35NO3. The fraction of sp³-hybridized carbons (Fsp3) is 0.119. The number of carbonyl (C=O) groups is 1. The van der Waals surface area contributed by atoms with Gasteiger partial charge in [0.2, 0.25) is 0 Å². The molecule has 0 amide bonds. The summed E-state index contributed by atoms with van der Waals surface area (Å²) in [5.74, 6) is -0.0717. The summed E-state index contributed by atoms with van der Waals surface area (Å²) in [6, 6.07) is 47.5. The van der Waals surface area contributed by atoms with Crippen LogP contribution < -0.4 is 4.74 Å². The van der Waals surface area contributed by atoms with Crippen molar-refractivity contribution in [1.82, 2.24) is 4.57 Å². The fourth-order valence-electron chi connectivity index (χ4n) is 6.60. The summed E-state index contributed by atoms with van der Waals surface area (Å²) < 4.78 is 8.27. The molecule has 1 heterocycles. The predicted octanol–water partition coefficient (Wildman–Crippen LogP) is 10.2. The molecule has 1 N–H and O–H groups in total. The highest BCUT2D eigenvalue weighted by Crippen LogP contribution is 2.37. The monoisotopic (exact) mass is 601 g/mol. The molecule has 46 heavy (non-hydrogen) atoms. The van der Waals surface area contributed by atoms with Gasteiger partial charge in [0.25, 0.3) is 0 Å². The van der Waals surface area contributed by atoms with Gasteiger partial charge >= 0.3 is 5.97 Å². The summed E-state index contributed by atoms with van der Waals surface area (Å²) in [5.41, 5.74) is 8.77. The highest BCUT2D eigenvalue weighted by Gasteiger charge is 2.25. The first kappa shape index (κ1) is 29.1. The molecular weight excluding hydrogens is 566 g/mol. The van der Waals surface area contributed by atoms with Crippen molar-refractivity contribution >= 4 is 27.6 Å². The Morgan fingerprint density at radius 1 is 0.674 bits per heavy atom. The van der Waals surface area contributed by atoms with E-state index in [9.17, 15) is 9.90 Å². The van der Waals surface area contributed by atoms with E-state index in [0.29, 0.717) is 31.7 Å². The zero-order valence-electron chi connectivity index (χ0n) is 25.8. The van der Waals surface area contributed by atoms with Gasteiger partial charge in [0.1, 0.15) is 11.4 Å². The predicted molar refractivity (Wildman–Crippen MR) is 188 cm³/mol. The molecule has 0 unspecified atom stereocenters. The zero-order chi connectivity index (χ0) is 31.5. The van der Waals surface area contributed by atoms with Crippen molar-refractivity contribution in [2.45, 2.75) is 26.3 Å². The number of aryl methyl sites for hydroxylation is 2. The standard InChI is InChI=1S/C42H35NO3/c1-29-12-5-7-17-34(29)36-19-10-20-37-38(21-11-27-46-39-22-9-16-33-15-6-8-18-35(33)39)41(42(44)45)43(40(36)37)28-30-23-25-32(26-24-30)31-13-3-2-4-14-31/h2-10,12-20,22-26H,11,21,27-28H2,1H3,(H,44,45). The van der Waals surface area contributed by atoms with Gasteiger partial charge < -0.3 is 14.4 Å². The number of aromatic carboxylic acids is 1. The lowest BCUT2D eigenvalue weighted by atomic mass is 9.97. The molecule has 6 aromatic carbocycles. The van der Waals surface area contributed by atoms with Crippen molar-refractivity contribution in [2.75, 3.05) is 6.61 Å². The van der Waals surface area contributed by atoms with Gasteiger partial charge in [-0.1, -0.05) is 133 Å². The van der Waals surface area contributed by atoms with E-state index in [-0.39, 0.29) is 0 Å². The van der Waals surface area contributed by atoms with Gasteiger partial charge in [-0.2, -0.15) is 0 Å². The smallest absolute Gasteiger partial charge is 0.352 e. The molecule has 0 spiro atoms. The SMILES string of the molecule is Cc1ccccc1-c1cccc2c(CCCOc3cccc4ccccc34)c(C(=O)O)n(Cc3ccc(-c4ccccc4)cc3)c12. The lowest BCUT2D eigenvalue weighted by molar-refractivity contribution is 0.0685. The molecule has 4 nitrogen and oxygen atoms in total. The number of aromatic nitrogens is 1. The second-order valence-corrected chi connectivity index (χ2v) is 11.7. The fourth-order valence-corrected chi connectivity index (χ4v) is 6.60. The third kappa shape index (κ3) is 5.66. The Bertz CT molecular complexity index is 2160. The number of carboxylic acid groups (broad SMARTS) is 1. The number of rotatable bonds is 10. The Morgan fingerprint density at radius 2 is 1.33 bits per heavy atom. The molecule has 1 aromatic heterocycles. The van der Waals surface area contributed by atoms with E-state index in [1.54, 1.807) is 0 Å². The summed E-state index contributed by atoms with van der Waals surface area (Å²) in [6.45, 7) is 3.04. The van der Waals surface area contributed by atoms with Gasteiger partial charge in [0.05, 0.1) is 12.1 Å². The van der Waals surface area contributed by atoms with Crippen LogP contribution in [-0.4, -0.2) is 22.2 Å². The summed E-state index contributed by atoms with van der Waals surface area (Å²) in [5, 5.41) is 13.9. The van der Waals surface area contributed by atoms with E-state index in [4.69, 9.17) is 4.74 Å². The second kappa shape index (κ2) is 12.8. The third-order valence-corrected chi connectivity index (χ3v) is 8.80. The van der Waals surface area contributed by atoms with Crippen LogP contribution in [0, 0.1) is 6.92 Å². The van der Waals surface area contributed by atoms with E-state index in [1.807, 2.05) is 65.2 Å². The highest BCUT2D eigenvalue weighted by molar-refractivity contribution is 6.04. The van der Waals surface area contributed by atoms with Crippen molar-refractivity contribution in [2.24, 2.45) is 0 Å². The molecule has 0 saturated heterocycles. The molecule has 0 radical (unpaired) electrons. The molecule has 7 aromatic rings. The van der Waals surface area contributed by atoms with Gasteiger partial charge in [-0.25, -0.2) is 4.79 Å². The molecule has 0 atom stereocenters. The van der Waals surface area contributed by atoms with E-state index in [1.165, 1.54) is 0 Å². The largest absolute Gasteiger partial charge is 0.493 e. The lowest BCUT2D eigenvalue weighted by Gasteiger charge is -2.14. The number of para-hydroxylation sites is 1. The third-order valence-electron chi connectivity index (χ3n) is 8.80. The molecule has 0 aliphatic rings. The molecule has 226 valence electrons. The summed E-state index contributed by atoms with van der Waals surface area (Å²) in [6.07, 6.45) is 1.27. The van der Waals surface area contributed by atoms with Gasteiger partial charge in [0, 0.05) is 22.9 Å². The first-order valence-corrected chi connectivity index (χ1v) is 15.8. The van der Waals surface area contributed by atoms with E-state index in [0.717, 1.165) is 66.4 Å².